The van der Waals surface area contributed by atoms with Crippen LogP contribution in [0.5, 0.6) is 0 Å². The van der Waals surface area contributed by atoms with Crippen molar-refractivity contribution in [2.45, 2.75) is 69.1 Å². The van der Waals surface area contributed by atoms with Crippen molar-refractivity contribution in [1.29, 1.82) is 5.26 Å². The molecule has 3 aromatic rings. The zero-order chi connectivity index (χ0) is 39.6. The maximum absolute atomic E-state index is 13.8. The number of benzene rings is 2. The van der Waals surface area contributed by atoms with Gasteiger partial charge in [-0.25, -0.2) is 12.8 Å². The molecule has 4 atom stereocenters. The summed E-state index contributed by atoms with van der Waals surface area (Å²) in [5.41, 5.74) is 11.5. The Hall–Kier alpha value is -5.87. The Bertz CT molecular complexity index is 2030. The van der Waals surface area contributed by atoms with E-state index in [1.54, 1.807) is 44.3 Å². The van der Waals surface area contributed by atoms with Crippen molar-refractivity contribution in [2.24, 2.45) is 17.4 Å². The summed E-state index contributed by atoms with van der Waals surface area (Å²) < 4.78 is 40.6. The number of likely N-dealkylation sites (N-methyl/N-ethyl adjacent to an activating group) is 1. The topological polar surface area (TPSA) is 280 Å². The highest BCUT2D eigenvalue weighted by atomic mass is 32.2. The number of halogens is 1. The number of sulfonamides is 1. The molecule has 0 saturated heterocycles. The lowest BCUT2D eigenvalue weighted by molar-refractivity contribution is -0.134. The zero-order valence-corrected chi connectivity index (χ0v) is 30.3. The Balaban J connectivity index is 1.85. The highest BCUT2D eigenvalue weighted by Gasteiger charge is 2.32. The van der Waals surface area contributed by atoms with Gasteiger partial charge >= 0.3 is 0 Å². The van der Waals surface area contributed by atoms with Gasteiger partial charge < -0.3 is 37.7 Å². The van der Waals surface area contributed by atoms with Crippen molar-refractivity contribution < 1.29 is 41.6 Å². The molecule has 0 bridgehead atoms. The van der Waals surface area contributed by atoms with E-state index in [9.17, 15) is 41.6 Å². The van der Waals surface area contributed by atoms with Crippen LogP contribution >= 0.6 is 0 Å². The summed E-state index contributed by atoms with van der Waals surface area (Å²) in [6.45, 7) is 3.88. The van der Waals surface area contributed by atoms with Crippen molar-refractivity contribution in [3.8, 4) is 6.07 Å². The SMILES string of the molecule is CC(C)C(NC(=O)[C@H](C)NC(=O)[C@H](Cc1c[nH]c2ccccc12)NC(=O)[C@H](CCC(N)=O)NC(=O)CN(C)S(=O)(=O)c1ccc(F)c(C#N)c1)C(N)=O. The van der Waals surface area contributed by atoms with E-state index in [0.717, 1.165) is 36.1 Å². The lowest BCUT2D eigenvalue weighted by atomic mass is 10.0. The second kappa shape index (κ2) is 18.1. The predicted octanol–water partition coefficient (Wildman–Crippen LogP) is -0.592. The predicted molar refractivity (Wildman–Crippen MR) is 189 cm³/mol. The molecule has 0 aliphatic heterocycles. The number of nitrogens with one attached hydrogen (secondary N) is 5. The van der Waals surface area contributed by atoms with Gasteiger partial charge in [-0.1, -0.05) is 32.0 Å². The van der Waals surface area contributed by atoms with Gasteiger partial charge in [0.25, 0.3) is 0 Å². The molecule has 2 aromatic carbocycles. The van der Waals surface area contributed by atoms with E-state index >= 15 is 0 Å². The summed E-state index contributed by atoms with van der Waals surface area (Å²) in [4.78, 5) is 79.6. The Morgan fingerprint density at radius 3 is 2.21 bits per heavy atom. The molecule has 6 amide bonds. The van der Waals surface area contributed by atoms with E-state index < -0.39 is 92.5 Å². The van der Waals surface area contributed by atoms with Gasteiger partial charge in [0.15, 0.2) is 0 Å². The van der Waals surface area contributed by atoms with Crippen LogP contribution in [0.3, 0.4) is 0 Å². The van der Waals surface area contributed by atoms with E-state index in [1.807, 2.05) is 0 Å². The summed E-state index contributed by atoms with van der Waals surface area (Å²) in [6, 6.07) is 6.15. The summed E-state index contributed by atoms with van der Waals surface area (Å²) >= 11 is 0. The summed E-state index contributed by atoms with van der Waals surface area (Å²) in [5.74, 6) is -6.32. The number of H-pyrrole nitrogens is 1. The van der Waals surface area contributed by atoms with Gasteiger partial charge in [0.05, 0.1) is 17.0 Å². The molecule has 284 valence electrons. The van der Waals surface area contributed by atoms with Gasteiger partial charge in [0.1, 0.15) is 36.1 Å². The molecular formula is C34H42FN9O8S. The molecule has 0 fully saturated rings. The molecule has 9 N–H and O–H groups in total. The van der Waals surface area contributed by atoms with E-state index in [0.29, 0.717) is 9.87 Å². The van der Waals surface area contributed by atoms with Gasteiger partial charge in [-0.05, 0) is 49.1 Å². The maximum Gasteiger partial charge on any atom is 0.243 e. The van der Waals surface area contributed by atoms with Crippen LogP contribution in [0.25, 0.3) is 10.9 Å². The number of primary amides is 2. The van der Waals surface area contributed by atoms with Crippen LogP contribution in [-0.4, -0.2) is 90.9 Å². The third-order valence-electron chi connectivity index (χ3n) is 8.22. The molecule has 53 heavy (non-hydrogen) atoms. The van der Waals surface area contributed by atoms with Gasteiger partial charge in [0, 0.05) is 37.0 Å². The van der Waals surface area contributed by atoms with E-state index in [1.165, 1.54) is 13.0 Å². The first-order chi connectivity index (χ1) is 24.8. The van der Waals surface area contributed by atoms with Crippen LogP contribution in [0.1, 0.15) is 44.7 Å². The molecule has 17 nitrogen and oxygen atoms in total. The lowest BCUT2D eigenvalue weighted by Gasteiger charge is -2.26. The highest BCUT2D eigenvalue weighted by Crippen LogP contribution is 2.20. The number of hydrogen-bond donors (Lipinski definition) is 7. The number of nitrogens with zero attached hydrogens (tertiary/aromatic N) is 2. The highest BCUT2D eigenvalue weighted by molar-refractivity contribution is 7.89. The van der Waals surface area contributed by atoms with Crippen molar-refractivity contribution in [3.05, 3.63) is 65.6 Å². The minimum absolute atomic E-state index is 0.106. The van der Waals surface area contributed by atoms with Crippen molar-refractivity contribution in [1.82, 2.24) is 30.6 Å². The number of aromatic nitrogens is 1. The molecule has 0 saturated carbocycles. The summed E-state index contributed by atoms with van der Waals surface area (Å²) in [5, 5.41) is 19.8. The number of nitriles is 1. The molecule has 3 rings (SSSR count). The molecule has 19 heteroatoms. The second-order valence-corrected chi connectivity index (χ2v) is 14.7. The van der Waals surface area contributed by atoms with Crippen molar-refractivity contribution in [3.63, 3.8) is 0 Å². The molecule has 1 unspecified atom stereocenters. The number of hydrogen-bond acceptors (Lipinski definition) is 9. The average Bonchev–Trinajstić information content (AvgIpc) is 3.50. The number of amides is 6. The van der Waals surface area contributed by atoms with Crippen LogP contribution in [0.4, 0.5) is 4.39 Å². The fraction of sp³-hybridized carbons (Fsp3) is 0.382. The van der Waals surface area contributed by atoms with E-state index in [4.69, 9.17) is 16.7 Å². The molecule has 1 heterocycles. The number of carbonyl (C=O) groups is 6. The van der Waals surface area contributed by atoms with Crippen LogP contribution < -0.4 is 32.7 Å². The van der Waals surface area contributed by atoms with Crippen LogP contribution in [0, 0.1) is 23.1 Å². The Morgan fingerprint density at radius 2 is 1.58 bits per heavy atom. The minimum atomic E-state index is -4.41. The Labute approximate surface area is 305 Å². The molecule has 1 aromatic heterocycles. The third-order valence-corrected chi connectivity index (χ3v) is 10.0. The maximum atomic E-state index is 13.8. The van der Waals surface area contributed by atoms with Crippen LogP contribution in [0.2, 0.25) is 0 Å². The van der Waals surface area contributed by atoms with Gasteiger partial charge in [-0.2, -0.15) is 9.57 Å². The zero-order valence-electron chi connectivity index (χ0n) is 29.4. The van der Waals surface area contributed by atoms with E-state index in [-0.39, 0.29) is 25.2 Å². The molecule has 0 aliphatic carbocycles. The molecular weight excluding hydrogens is 713 g/mol. The molecule has 0 spiro atoms. The third kappa shape index (κ3) is 11.1. The first kappa shape index (κ1) is 41.5. The van der Waals surface area contributed by atoms with Crippen molar-refractivity contribution in [2.75, 3.05) is 13.6 Å². The molecule has 0 radical (unpaired) electrons. The first-order valence-electron chi connectivity index (χ1n) is 16.3. The number of nitrogens with two attached hydrogens (primary N) is 2. The largest absolute Gasteiger partial charge is 0.370 e. The van der Waals surface area contributed by atoms with Crippen LogP contribution in [0.15, 0.2) is 53.6 Å². The number of aromatic amines is 1. The number of carbonyl (C=O) groups excluding carboxylic acids is 6. The number of fused-ring (bicyclic) bond motifs is 1. The number of rotatable bonds is 18. The van der Waals surface area contributed by atoms with Crippen LogP contribution in [-0.2, 0) is 45.2 Å². The summed E-state index contributed by atoms with van der Waals surface area (Å²) in [7, 11) is -3.36. The fourth-order valence-corrected chi connectivity index (χ4v) is 6.39. The monoisotopic (exact) mass is 755 g/mol. The van der Waals surface area contributed by atoms with Crippen molar-refractivity contribution >= 4 is 56.4 Å². The second-order valence-electron chi connectivity index (χ2n) is 12.6. The number of para-hydroxylation sites is 1. The Morgan fingerprint density at radius 1 is 0.925 bits per heavy atom. The standard InChI is InChI=1S/C34H42FN9O8S/c1-18(2)30(31(38)47)43-32(48)19(3)40-34(50)27(14-21-16-39-25-8-6-5-7-23(21)25)42-33(49)26(11-12-28(37)45)41-29(46)17-44(4)53(51,52)22-9-10-24(35)20(13-22)15-36/h5-10,13,16,18-19,26-27,30,39H,11-12,14,17H2,1-4H3,(H2,37,45)(H2,38,47)(H,40,50)(H,41,46)(H,42,49)(H,43,48)/t19-,26-,27-,30?/m0/s1. The lowest BCUT2D eigenvalue weighted by Crippen LogP contribution is -2.58. The minimum Gasteiger partial charge on any atom is -0.370 e. The summed E-state index contributed by atoms with van der Waals surface area (Å²) in [6.07, 6.45) is 0.811. The fourth-order valence-electron chi connectivity index (χ4n) is 5.24. The smallest absolute Gasteiger partial charge is 0.243 e. The van der Waals surface area contributed by atoms with Gasteiger partial charge in [0.2, 0.25) is 45.5 Å². The Kier molecular flexibility index (Phi) is 14.2. The van der Waals surface area contributed by atoms with Gasteiger partial charge in [-0.3, -0.25) is 28.8 Å². The van der Waals surface area contributed by atoms with Gasteiger partial charge in [-0.15, -0.1) is 0 Å². The normalized spacial score (nSPS) is 13.7. The average molecular weight is 756 g/mol. The molecule has 0 aliphatic rings. The first-order valence-corrected chi connectivity index (χ1v) is 17.8. The van der Waals surface area contributed by atoms with E-state index in [2.05, 4.69) is 26.3 Å². The quantitative estimate of drug-likeness (QED) is 0.0872.